The van der Waals surface area contributed by atoms with E-state index >= 15 is 0 Å². The van der Waals surface area contributed by atoms with Crippen molar-refractivity contribution in [3.05, 3.63) is 198 Å². The molecular formula is C46H36N2O5. The Morgan fingerprint density at radius 1 is 0.698 bits per heavy atom. The van der Waals surface area contributed by atoms with E-state index in [-0.39, 0.29) is 18.5 Å². The zero-order valence-electron chi connectivity index (χ0n) is 29.0. The Hall–Kier alpha value is -6.57. The van der Waals surface area contributed by atoms with Crippen LogP contribution in [0.2, 0.25) is 0 Å². The molecule has 2 aliphatic heterocycles. The maximum Gasteiger partial charge on any atom is 0.339 e. The molecular weight excluding hydrogens is 661 g/mol. The first-order valence-electron chi connectivity index (χ1n) is 17.7. The maximum absolute atomic E-state index is 13.7. The lowest BCUT2D eigenvalue weighted by Crippen LogP contribution is -2.49. The van der Waals surface area contributed by atoms with E-state index in [4.69, 9.17) is 14.2 Å². The fourth-order valence-corrected chi connectivity index (χ4v) is 8.02. The lowest BCUT2D eigenvalue weighted by Gasteiger charge is -2.46. The summed E-state index contributed by atoms with van der Waals surface area (Å²) < 4.78 is 19.5. The van der Waals surface area contributed by atoms with Crippen LogP contribution in [0, 0.1) is 5.92 Å². The number of nitrogens with zero attached hydrogens (tertiary/aromatic N) is 2. The molecule has 3 aliphatic rings. The van der Waals surface area contributed by atoms with Crippen LogP contribution in [0.25, 0.3) is 0 Å². The second-order valence-electron chi connectivity index (χ2n) is 13.2. The second kappa shape index (κ2) is 13.2. The Morgan fingerprint density at radius 3 is 2.11 bits per heavy atom. The molecule has 1 aliphatic carbocycles. The summed E-state index contributed by atoms with van der Waals surface area (Å²) in [6, 6.07) is 49.7. The molecule has 0 fully saturated rings. The van der Waals surface area contributed by atoms with Crippen LogP contribution in [0.1, 0.15) is 27.0 Å². The number of aliphatic hydroxyl groups is 1. The van der Waals surface area contributed by atoms with Crippen molar-refractivity contribution in [2.45, 2.75) is 18.3 Å². The van der Waals surface area contributed by atoms with Crippen molar-refractivity contribution >= 4 is 34.4 Å². The van der Waals surface area contributed by atoms with Gasteiger partial charge in [-0.05, 0) is 72.8 Å². The molecule has 53 heavy (non-hydrogen) atoms. The second-order valence-corrected chi connectivity index (χ2v) is 13.2. The largest absolute Gasteiger partial charge is 0.495 e. The summed E-state index contributed by atoms with van der Waals surface area (Å²) in [5.41, 5.74) is 7.11. The summed E-state index contributed by atoms with van der Waals surface area (Å²) in [6.45, 7) is -0.120. The number of carbonyl (C=O) groups excluding carboxylic acids is 1. The van der Waals surface area contributed by atoms with Gasteiger partial charge in [0.05, 0.1) is 36.6 Å². The zero-order chi connectivity index (χ0) is 35.9. The molecule has 1 spiro atoms. The number of para-hydroxylation sites is 5. The summed E-state index contributed by atoms with van der Waals surface area (Å²) >= 11 is 0. The Kier molecular flexibility index (Phi) is 8.05. The summed E-state index contributed by atoms with van der Waals surface area (Å²) in [5, 5.41) is 10.4. The predicted molar refractivity (Wildman–Crippen MR) is 206 cm³/mol. The monoisotopic (exact) mass is 696 g/mol. The molecule has 0 aromatic heterocycles. The number of allylic oxidation sites excluding steroid dienone is 1. The molecule has 3 unspecified atom stereocenters. The molecule has 0 radical (unpaired) electrons. The van der Waals surface area contributed by atoms with Crippen molar-refractivity contribution in [2.75, 3.05) is 16.9 Å². The third-order valence-electron chi connectivity index (χ3n) is 10.3. The lowest BCUT2D eigenvalue weighted by atomic mass is 9.70. The van der Waals surface area contributed by atoms with Gasteiger partial charge < -0.3 is 29.1 Å². The molecule has 0 amide bonds. The quantitative estimate of drug-likeness (QED) is 0.159. The number of fused-ring (bicyclic) bond motifs is 6. The molecule has 260 valence electrons. The summed E-state index contributed by atoms with van der Waals surface area (Å²) in [4.78, 5) is 18.0. The fraction of sp³-hybridized carbons (Fsp3) is 0.109. The number of methoxy groups -OCH3 is 1. The summed E-state index contributed by atoms with van der Waals surface area (Å²) in [6.07, 6.45) is 5.80. The minimum absolute atomic E-state index is 0.120. The molecule has 9 rings (SSSR count). The maximum atomic E-state index is 13.7. The van der Waals surface area contributed by atoms with E-state index in [1.54, 1.807) is 7.11 Å². The van der Waals surface area contributed by atoms with Crippen molar-refractivity contribution in [3.63, 3.8) is 0 Å². The van der Waals surface area contributed by atoms with E-state index < -0.39 is 11.7 Å². The minimum atomic E-state index is -1.13. The highest BCUT2D eigenvalue weighted by molar-refractivity contribution is 5.96. The average Bonchev–Trinajstić information content (AvgIpc) is 3.51. The highest BCUT2D eigenvalue weighted by atomic mass is 16.6. The van der Waals surface area contributed by atoms with Crippen LogP contribution in [0.5, 0.6) is 11.5 Å². The topological polar surface area (TPSA) is 71.5 Å². The van der Waals surface area contributed by atoms with E-state index in [0.29, 0.717) is 11.3 Å². The number of rotatable bonds is 8. The number of anilines is 5. The van der Waals surface area contributed by atoms with Gasteiger partial charge in [-0.25, -0.2) is 4.79 Å². The first kappa shape index (κ1) is 32.3. The molecule has 0 bridgehead atoms. The van der Waals surface area contributed by atoms with Crippen molar-refractivity contribution < 1.29 is 24.1 Å². The third-order valence-corrected chi connectivity index (χ3v) is 10.3. The summed E-state index contributed by atoms with van der Waals surface area (Å²) in [7, 11) is 1.68. The molecule has 6 aromatic carbocycles. The van der Waals surface area contributed by atoms with E-state index in [0.717, 1.165) is 56.6 Å². The summed E-state index contributed by atoms with van der Waals surface area (Å²) in [5.74, 6) is 0.603. The number of ether oxygens (including phenoxy) is 3. The smallest absolute Gasteiger partial charge is 0.339 e. The lowest BCUT2D eigenvalue weighted by molar-refractivity contribution is -0.0417. The third kappa shape index (κ3) is 5.28. The van der Waals surface area contributed by atoms with E-state index in [1.807, 2.05) is 140 Å². The van der Waals surface area contributed by atoms with Gasteiger partial charge in [-0.2, -0.15) is 0 Å². The van der Waals surface area contributed by atoms with Crippen LogP contribution in [-0.2, 0) is 16.9 Å². The van der Waals surface area contributed by atoms with Crippen molar-refractivity contribution in [3.8, 4) is 11.5 Å². The van der Waals surface area contributed by atoms with Gasteiger partial charge in [-0.15, -0.1) is 0 Å². The predicted octanol–water partition coefficient (Wildman–Crippen LogP) is 9.74. The van der Waals surface area contributed by atoms with E-state index in [9.17, 15) is 9.90 Å². The molecule has 1 N–H and O–H groups in total. The van der Waals surface area contributed by atoms with Crippen molar-refractivity contribution in [2.24, 2.45) is 5.92 Å². The molecule has 7 heteroatoms. The minimum Gasteiger partial charge on any atom is -0.495 e. The molecule has 0 saturated carbocycles. The van der Waals surface area contributed by atoms with E-state index in [2.05, 4.69) is 40.2 Å². The van der Waals surface area contributed by atoms with Crippen molar-refractivity contribution in [1.82, 2.24) is 0 Å². The molecule has 6 aromatic rings. The number of esters is 1. The van der Waals surface area contributed by atoms with Gasteiger partial charge in [-0.1, -0.05) is 91.0 Å². The van der Waals surface area contributed by atoms with Crippen LogP contribution >= 0.6 is 0 Å². The van der Waals surface area contributed by atoms with Crippen LogP contribution in [0.15, 0.2) is 176 Å². The highest BCUT2D eigenvalue weighted by Gasteiger charge is 2.58. The average molecular weight is 697 g/mol. The van der Waals surface area contributed by atoms with Gasteiger partial charge >= 0.3 is 5.97 Å². The van der Waals surface area contributed by atoms with Gasteiger partial charge in [0, 0.05) is 45.5 Å². The number of aliphatic hydroxyl groups excluding tert-OH is 1. The van der Waals surface area contributed by atoms with Gasteiger partial charge in [0.25, 0.3) is 0 Å². The Morgan fingerprint density at radius 2 is 1.36 bits per heavy atom. The van der Waals surface area contributed by atoms with Gasteiger partial charge in [0.15, 0.2) is 5.60 Å². The normalized spacial score (nSPS) is 19.3. The Labute approximate surface area is 308 Å². The standard InChI is InChI=1S/C46H36N2O5/c1-51-42-23-13-12-22-41(42)48(33-17-6-3-7-18-33)35-25-27-39-44(29-35)52-43-28-34(24-26-38(43)46(39)37-20-10-9-19-36(37)45(50)53-46)47(32-15-4-2-5-16-32)40-21-11-8-14-31(40)30-49/h2-29,39,44,49H,30H2,1H3. The molecule has 3 atom stereocenters. The van der Waals surface area contributed by atoms with Crippen LogP contribution in [-0.4, -0.2) is 24.3 Å². The number of benzene rings is 6. The number of hydrogen-bond donors (Lipinski definition) is 1. The number of carbonyl (C=O) groups is 1. The highest BCUT2D eigenvalue weighted by Crippen LogP contribution is 2.57. The van der Waals surface area contributed by atoms with Crippen LogP contribution in [0.4, 0.5) is 28.4 Å². The fourth-order valence-electron chi connectivity index (χ4n) is 8.02. The van der Waals surface area contributed by atoms with E-state index in [1.165, 1.54) is 0 Å². The Bertz CT molecular complexity index is 2390. The van der Waals surface area contributed by atoms with Crippen molar-refractivity contribution in [1.29, 1.82) is 0 Å². The first-order chi connectivity index (χ1) is 26.1. The molecule has 2 heterocycles. The van der Waals surface area contributed by atoms with Crippen LogP contribution in [0.3, 0.4) is 0 Å². The first-order valence-corrected chi connectivity index (χ1v) is 17.7. The zero-order valence-corrected chi connectivity index (χ0v) is 29.0. The number of hydrogen-bond acceptors (Lipinski definition) is 7. The molecule has 0 saturated heterocycles. The SMILES string of the molecule is COc1ccccc1N(C1=CC2Oc3cc(N(c4ccccc4)c4ccccc4CO)ccc3C3(OC(=O)c4ccccc43)C2C=C1)c1ccccc1. The Balaban J connectivity index is 1.23. The van der Waals surface area contributed by atoms with Gasteiger partial charge in [-0.3, -0.25) is 0 Å². The molecule has 7 nitrogen and oxygen atoms in total. The van der Waals surface area contributed by atoms with Gasteiger partial charge in [0.2, 0.25) is 0 Å². The van der Waals surface area contributed by atoms with Gasteiger partial charge in [0.1, 0.15) is 17.6 Å². The van der Waals surface area contributed by atoms with Crippen LogP contribution < -0.4 is 19.3 Å².